The lowest BCUT2D eigenvalue weighted by atomic mass is 9.33. The van der Waals surface area contributed by atoms with E-state index in [4.69, 9.17) is 66.3 Å². The number of esters is 3. The summed E-state index contributed by atoms with van der Waals surface area (Å²) in [6, 6.07) is 0. The van der Waals surface area contributed by atoms with Crippen LogP contribution in [0, 0.1) is 50.2 Å². The average Bonchev–Trinajstić information content (AvgIpc) is 0.669. The third-order valence-electron chi connectivity index (χ3n) is 28.6. The molecule has 5 aliphatic carbocycles. The number of allylic oxidation sites excluding steroid dienone is 4. The van der Waals surface area contributed by atoms with Crippen molar-refractivity contribution < 1.29 is 168 Å². The second kappa shape index (κ2) is 36.3. The molecule has 4 saturated carbocycles. The number of ether oxygens (including phenoxy) is 14. The van der Waals surface area contributed by atoms with E-state index in [2.05, 4.69) is 67.7 Å². The maximum absolute atomic E-state index is 16.4. The molecule has 0 aromatic carbocycles. The topological polar surface area (TPSA) is 524 Å². The Morgan fingerprint density at radius 1 is 0.538 bits per heavy atom. The molecule has 0 amide bonds. The largest absolute Gasteiger partial charge is 0.452 e. The second-order valence-corrected chi connectivity index (χ2v) is 37.4. The molecule has 34 nitrogen and oxygen atoms in total. The van der Waals surface area contributed by atoms with Gasteiger partial charge in [-0.15, -0.1) is 13.2 Å². The monoisotopic (exact) mass is 1670 g/mol. The second-order valence-electron chi connectivity index (χ2n) is 37.4. The van der Waals surface area contributed by atoms with Crippen LogP contribution >= 0.6 is 0 Å². The molecule has 17 N–H and O–H groups in total. The summed E-state index contributed by atoms with van der Waals surface area (Å²) >= 11 is 0. The van der Waals surface area contributed by atoms with E-state index in [-0.39, 0.29) is 79.6 Å². The molecule has 11 aliphatic rings. The molecule has 666 valence electrons. The van der Waals surface area contributed by atoms with E-state index in [1.807, 2.05) is 0 Å². The van der Waals surface area contributed by atoms with Gasteiger partial charge in [0.2, 0.25) is 6.29 Å². The molecule has 117 heavy (non-hydrogen) atoms. The van der Waals surface area contributed by atoms with Crippen molar-refractivity contribution in [1.29, 1.82) is 0 Å². The highest BCUT2D eigenvalue weighted by Gasteiger charge is 2.73. The number of hydrogen-bond donors (Lipinski definition) is 17. The number of carbonyl (C=O) groups excluding carboxylic acids is 3. The summed E-state index contributed by atoms with van der Waals surface area (Å²) in [5.74, 6) is -3.77. The summed E-state index contributed by atoms with van der Waals surface area (Å²) in [7, 11) is 0. The lowest BCUT2D eigenvalue weighted by Crippen LogP contribution is -2.68. The number of aliphatic hydroxyl groups excluding tert-OH is 15. The Kier molecular flexibility index (Phi) is 29.1. The Hall–Kier alpha value is -4.01. The smallest absolute Gasteiger partial charge is 0.336 e. The van der Waals surface area contributed by atoms with Gasteiger partial charge in [-0.05, 0) is 163 Å². The summed E-state index contributed by atoms with van der Waals surface area (Å²) in [6.45, 7) is 26.7. The molecule has 6 aliphatic heterocycles. The van der Waals surface area contributed by atoms with Gasteiger partial charge in [0, 0.05) is 5.57 Å². The third kappa shape index (κ3) is 18.4. The van der Waals surface area contributed by atoms with Crippen LogP contribution in [-0.4, -0.2) is 327 Å². The number of aliphatic hydroxyl groups is 17. The molecule has 0 aromatic rings. The molecule has 0 bridgehead atoms. The van der Waals surface area contributed by atoms with Crippen LogP contribution in [0.15, 0.2) is 60.3 Å². The van der Waals surface area contributed by atoms with Crippen LogP contribution in [0.2, 0.25) is 0 Å². The molecule has 11 rings (SSSR count). The van der Waals surface area contributed by atoms with E-state index < -0.39 is 261 Å². The van der Waals surface area contributed by atoms with Gasteiger partial charge in [0.15, 0.2) is 49.8 Å². The van der Waals surface area contributed by atoms with Crippen LogP contribution in [0.1, 0.15) is 167 Å². The average molecular weight is 1670 g/mol. The summed E-state index contributed by atoms with van der Waals surface area (Å²) < 4.78 is 85.3. The Balaban J connectivity index is 0.895. The Bertz CT molecular complexity index is 3550. The molecule has 38 atom stereocenters. The molecule has 10 fully saturated rings. The van der Waals surface area contributed by atoms with E-state index in [0.29, 0.717) is 32.1 Å². The normalized spacial score (nSPS) is 47.2. The fourth-order valence-electron chi connectivity index (χ4n) is 20.8. The first-order chi connectivity index (χ1) is 54.7. The lowest BCUT2D eigenvalue weighted by Gasteiger charge is -2.71. The number of hydrogen-bond acceptors (Lipinski definition) is 34. The van der Waals surface area contributed by atoms with Crippen molar-refractivity contribution in [2.75, 3.05) is 33.0 Å². The van der Waals surface area contributed by atoms with Crippen molar-refractivity contribution in [2.45, 2.75) is 356 Å². The quantitative estimate of drug-likeness (QED) is 0.0178. The van der Waals surface area contributed by atoms with Crippen molar-refractivity contribution in [1.82, 2.24) is 0 Å². The number of rotatable bonds is 26. The van der Waals surface area contributed by atoms with Crippen LogP contribution in [0.5, 0.6) is 0 Å². The van der Waals surface area contributed by atoms with E-state index in [1.165, 1.54) is 58.9 Å². The van der Waals surface area contributed by atoms with E-state index in [0.717, 1.165) is 18.4 Å². The van der Waals surface area contributed by atoms with Crippen LogP contribution in [-0.2, 0) is 80.7 Å². The third-order valence-corrected chi connectivity index (χ3v) is 28.6. The first kappa shape index (κ1) is 93.7. The molecule has 38 unspecified atom stereocenters. The first-order valence-corrected chi connectivity index (χ1v) is 41.3. The highest BCUT2D eigenvalue weighted by atomic mass is 16.8. The van der Waals surface area contributed by atoms with Gasteiger partial charge in [-0.2, -0.15) is 0 Å². The minimum atomic E-state index is -2.23. The molecule has 6 heterocycles. The first-order valence-electron chi connectivity index (χ1n) is 41.3. The van der Waals surface area contributed by atoms with Gasteiger partial charge in [-0.25, -0.2) is 9.59 Å². The zero-order valence-corrected chi connectivity index (χ0v) is 69.0. The Morgan fingerprint density at radius 2 is 1.09 bits per heavy atom. The van der Waals surface area contributed by atoms with E-state index >= 15 is 4.79 Å². The van der Waals surface area contributed by atoms with Gasteiger partial charge >= 0.3 is 17.9 Å². The van der Waals surface area contributed by atoms with Crippen molar-refractivity contribution in [2.24, 2.45) is 50.2 Å². The van der Waals surface area contributed by atoms with Crippen molar-refractivity contribution in [3.05, 3.63) is 60.3 Å². The molecular weight excluding hydrogens is 1540 g/mol. The standard InChI is InChI=1S/C83H130O34/c1-15-78(10,102)25-17-19-38(3)67(99)113-66-64(112-68(100)41(33-84)20-18-26-79(11,103)16-2)52(89)39(4)108-73(66)107-37-47-55(92)56(93)65(116-72-60(97)57(94)62(40(5)109-72)114-71-61(98)63(46(87)36-106-71)115-70-59(96)54(91)45(86)35-105-70)74(110-47)117-75(101)83-30-29-76(6,7)31-43(83)42-21-22-49-80(12)27-24-51(111-69-58(95)53(90)44(85)34-104-69)77(8,9)48(80)23-28-81(49,13)82(42,14)32-50(83)88/h15-16,19-21,39-40,43-66,69-74,84-98,102-103H,1-2,17-18,22-37H2,3-14H3. The maximum Gasteiger partial charge on any atom is 0.336 e. The maximum atomic E-state index is 16.4. The van der Waals surface area contributed by atoms with Crippen molar-refractivity contribution in [3.8, 4) is 0 Å². The van der Waals surface area contributed by atoms with Crippen LogP contribution < -0.4 is 0 Å². The van der Waals surface area contributed by atoms with Crippen molar-refractivity contribution >= 4 is 17.9 Å². The number of carbonyl (C=O) groups is 3. The number of fused-ring (bicyclic) bond motifs is 7. The molecular formula is C83H130O34. The van der Waals surface area contributed by atoms with Crippen LogP contribution in [0.4, 0.5) is 0 Å². The van der Waals surface area contributed by atoms with Crippen LogP contribution in [0.25, 0.3) is 0 Å². The fourth-order valence-corrected chi connectivity index (χ4v) is 20.8. The summed E-state index contributed by atoms with van der Waals surface area (Å²) in [4.78, 5) is 44.7. The minimum absolute atomic E-state index is 0.0184. The SMILES string of the molecule is C=CC(C)(O)CCC=C(C)C(=O)OC1C(OCC2OC(OC(=O)C34CCC(C)(C)CC3C3=CCC5C6(C)CCC(OC7OCC(O)C(O)C7O)C(C)(C)C6CCC5(C)C3(C)CC4O)C(OC3OC(C)C(OC4OCC(O)C(OC5OCC(O)C(O)C5O)C4O)C(O)C3O)C(O)C2O)OC(C)C(O)C1OC(=O)C(=CCCC(C)(O)C=C)CO. The Labute approximate surface area is 682 Å². The van der Waals surface area contributed by atoms with Gasteiger partial charge < -0.3 is 153 Å². The van der Waals surface area contributed by atoms with Gasteiger partial charge in [0.25, 0.3) is 0 Å². The fraction of sp³-hybridized carbons (Fsp3) is 0.843. The summed E-state index contributed by atoms with van der Waals surface area (Å²) in [5.41, 5.74) is -6.20. The molecule has 0 spiro atoms. The van der Waals surface area contributed by atoms with Gasteiger partial charge in [-0.3, -0.25) is 4.79 Å². The zero-order valence-electron chi connectivity index (χ0n) is 69.0. The molecule has 34 heteroatoms. The van der Waals surface area contributed by atoms with Crippen LogP contribution in [0.3, 0.4) is 0 Å². The lowest BCUT2D eigenvalue weighted by molar-refractivity contribution is -0.381. The van der Waals surface area contributed by atoms with Gasteiger partial charge in [0.1, 0.15) is 103 Å². The Morgan fingerprint density at radius 3 is 1.70 bits per heavy atom. The van der Waals surface area contributed by atoms with Gasteiger partial charge in [0.05, 0.1) is 74.2 Å². The predicted molar refractivity (Wildman–Crippen MR) is 405 cm³/mol. The van der Waals surface area contributed by atoms with Crippen molar-refractivity contribution in [3.63, 3.8) is 0 Å². The zero-order chi connectivity index (χ0) is 86.1. The molecule has 0 aromatic heterocycles. The minimum Gasteiger partial charge on any atom is -0.452 e. The van der Waals surface area contributed by atoms with E-state index in [9.17, 15) is 96.4 Å². The molecule has 6 saturated heterocycles. The molecule has 0 radical (unpaired) electrons. The van der Waals surface area contributed by atoms with Gasteiger partial charge in [-0.1, -0.05) is 84.4 Å². The summed E-state index contributed by atoms with van der Waals surface area (Å²) in [6.07, 6.45) is -36.7. The van der Waals surface area contributed by atoms with E-state index in [1.54, 1.807) is 0 Å². The summed E-state index contributed by atoms with van der Waals surface area (Å²) in [5, 5.41) is 192. The predicted octanol–water partition coefficient (Wildman–Crippen LogP) is -0.0424. The highest BCUT2D eigenvalue weighted by molar-refractivity contribution is 5.89. The highest BCUT2D eigenvalue weighted by Crippen LogP contribution is 2.76.